The number of alkyl halides is 1. The Morgan fingerprint density at radius 2 is 1.35 bits per heavy atom. The van der Waals surface area contributed by atoms with Crippen LogP contribution in [0, 0.1) is 17.8 Å². The van der Waals surface area contributed by atoms with Crippen LogP contribution in [0.25, 0.3) is 0 Å². The van der Waals surface area contributed by atoms with Crippen LogP contribution in [0.15, 0.2) is 0 Å². The van der Waals surface area contributed by atoms with Crippen LogP contribution in [-0.2, 0) is 0 Å². The van der Waals surface area contributed by atoms with Crippen molar-refractivity contribution >= 4 is 0 Å². The molecule has 0 aromatic rings. The van der Waals surface area contributed by atoms with E-state index in [1.165, 1.54) is 38.5 Å². The first kappa shape index (κ1) is 22.2. The Morgan fingerprint density at radius 1 is 0.950 bits per heavy atom. The number of halogens is 1. The molecular formula is C19H41F. The van der Waals surface area contributed by atoms with Gasteiger partial charge >= 0.3 is 0 Å². The van der Waals surface area contributed by atoms with Crippen LogP contribution in [0.3, 0.4) is 0 Å². The summed E-state index contributed by atoms with van der Waals surface area (Å²) in [5.41, 5.74) is 0. The second-order valence-electron chi connectivity index (χ2n) is 6.83. The molecule has 20 heavy (non-hydrogen) atoms. The van der Waals surface area contributed by atoms with Crippen LogP contribution in [0.5, 0.6) is 0 Å². The predicted octanol–water partition coefficient (Wildman–Crippen LogP) is 7.42. The Labute approximate surface area is 128 Å². The van der Waals surface area contributed by atoms with E-state index in [9.17, 15) is 4.39 Å². The first-order valence-corrected chi connectivity index (χ1v) is 9.04. The van der Waals surface area contributed by atoms with Gasteiger partial charge in [0.05, 0.1) is 0 Å². The van der Waals surface area contributed by atoms with Crippen LogP contribution in [0.2, 0.25) is 0 Å². The van der Waals surface area contributed by atoms with Gasteiger partial charge < -0.3 is 0 Å². The molecule has 0 aliphatic heterocycles. The van der Waals surface area contributed by atoms with Gasteiger partial charge in [-0.3, -0.25) is 0 Å². The molecular weight excluding hydrogens is 247 g/mol. The van der Waals surface area contributed by atoms with Crippen LogP contribution >= 0.6 is 0 Å². The lowest BCUT2D eigenvalue weighted by atomic mass is 9.85. The fourth-order valence-electron chi connectivity index (χ4n) is 1.33. The van der Waals surface area contributed by atoms with Crippen LogP contribution in [-0.4, -0.2) is 6.17 Å². The summed E-state index contributed by atoms with van der Waals surface area (Å²) < 4.78 is 11.8. The molecule has 2 saturated carbocycles. The van der Waals surface area contributed by atoms with Gasteiger partial charge in [-0.05, 0) is 30.6 Å². The fourth-order valence-corrected chi connectivity index (χ4v) is 1.33. The fraction of sp³-hybridized carbons (Fsp3) is 1.00. The van der Waals surface area contributed by atoms with Gasteiger partial charge in [-0.25, -0.2) is 4.39 Å². The van der Waals surface area contributed by atoms with Gasteiger partial charge in [0.25, 0.3) is 0 Å². The maximum Gasteiger partial charge on any atom is 0.101 e. The van der Waals surface area contributed by atoms with Gasteiger partial charge in [0.1, 0.15) is 6.17 Å². The molecule has 0 amide bonds. The van der Waals surface area contributed by atoms with Crippen molar-refractivity contribution in [2.24, 2.45) is 17.8 Å². The highest BCUT2D eigenvalue weighted by atomic mass is 19.1. The molecule has 0 radical (unpaired) electrons. The van der Waals surface area contributed by atoms with Crippen molar-refractivity contribution in [2.45, 2.75) is 106 Å². The summed E-state index contributed by atoms with van der Waals surface area (Å²) in [5, 5.41) is 0. The average Bonchev–Trinajstić information content (AvgIpc) is 3.23. The lowest BCUT2D eigenvalue weighted by molar-refractivity contribution is 0.144. The Kier molecular flexibility index (Phi) is 17.0. The number of unbranched alkanes of at least 4 members (excludes halogenated alkanes) is 1. The number of rotatable bonds is 3. The van der Waals surface area contributed by atoms with Crippen LogP contribution in [0.4, 0.5) is 4.39 Å². The normalized spacial score (nSPS) is 23.2. The molecule has 0 N–H and O–H groups in total. The van der Waals surface area contributed by atoms with Gasteiger partial charge in [0.2, 0.25) is 0 Å². The summed E-state index contributed by atoms with van der Waals surface area (Å²) in [7, 11) is 0. The zero-order chi connectivity index (χ0) is 16.0. The molecule has 1 heteroatoms. The van der Waals surface area contributed by atoms with Crippen molar-refractivity contribution in [1.82, 2.24) is 0 Å². The summed E-state index contributed by atoms with van der Waals surface area (Å²) in [5.74, 6) is 2.69. The standard InChI is InChI=1S/C5H9F.C5H10.C5H12.C4H10/c1-4-2-5(6)3-4;1-2-5-3-4-5;1-4-5(2)3;1-3-4-2/h4-5H,2-3H2,1H3;5H,2-4H2,1H3;5H,4H2,1-3H3;3-4H2,1-2H3. The molecule has 2 aliphatic carbocycles. The van der Waals surface area contributed by atoms with Crippen molar-refractivity contribution in [3.05, 3.63) is 0 Å². The molecule has 0 unspecified atom stereocenters. The van der Waals surface area contributed by atoms with Crippen molar-refractivity contribution in [2.75, 3.05) is 0 Å². The van der Waals surface area contributed by atoms with E-state index >= 15 is 0 Å². The van der Waals surface area contributed by atoms with Crippen molar-refractivity contribution in [3.8, 4) is 0 Å². The third-order valence-electron chi connectivity index (χ3n) is 3.91. The van der Waals surface area contributed by atoms with E-state index < -0.39 is 6.17 Å². The van der Waals surface area contributed by atoms with Crippen LogP contribution < -0.4 is 0 Å². The summed E-state index contributed by atoms with van der Waals surface area (Å²) in [4.78, 5) is 0. The Morgan fingerprint density at radius 3 is 1.35 bits per heavy atom. The lowest BCUT2D eigenvalue weighted by Crippen LogP contribution is -2.21. The second kappa shape index (κ2) is 15.3. The molecule has 0 heterocycles. The third kappa shape index (κ3) is 20.3. The highest BCUT2D eigenvalue weighted by molar-refractivity contribution is 4.74. The van der Waals surface area contributed by atoms with E-state index in [1.807, 2.05) is 0 Å². The summed E-state index contributed by atoms with van der Waals surface area (Å²) in [6.07, 6.45) is 9.53. The molecule has 0 aromatic heterocycles. The molecule has 0 bridgehead atoms. The van der Waals surface area contributed by atoms with E-state index in [4.69, 9.17) is 0 Å². The Hall–Kier alpha value is -0.0700. The summed E-state index contributed by atoms with van der Waals surface area (Å²) >= 11 is 0. The maximum atomic E-state index is 11.8. The zero-order valence-corrected chi connectivity index (χ0v) is 15.3. The second-order valence-corrected chi connectivity index (χ2v) is 6.83. The van der Waals surface area contributed by atoms with Gasteiger partial charge in [0, 0.05) is 0 Å². The molecule has 0 nitrogen and oxygen atoms in total. The van der Waals surface area contributed by atoms with Gasteiger partial charge in [0.15, 0.2) is 0 Å². The number of hydrogen-bond donors (Lipinski definition) is 0. The minimum absolute atomic E-state index is 0.458. The van der Waals surface area contributed by atoms with Crippen molar-refractivity contribution in [1.29, 1.82) is 0 Å². The van der Waals surface area contributed by atoms with Crippen LogP contribution in [0.1, 0.15) is 99.8 Å². The summed E-state index contributed by atoms with van der Waals surface area (Å²) in [6.45, 7) is 15.3. The highest BCUT2D eigenvalue weighted by Gasteiger charge is 2.23. The smallest absolute Gasteiger partial charge is 0.101 e. The molecule has 2 aliphatic rings. The Bertz CT molecular complexity index is 157. The SMILES string of the molecule is CC1CC(F)C1.CCC(C)C.CCC1CC1.CCCC. The van der Waals surface area contributed by atoms with E-state index in [-0.39, 0.29) is 0 Å². The maximum absolute atomic E-state index is 11.8. The molecule has 124 valence electrons. The van der Waals surface area contributed by atoms with Gasteiger partial charge in [-0.15, -0.1) is 0 Å². The van der Waals surface area contributed by atoms with Gasteiger partial charge in [-0.1, -0.05) is 87.0 Å². The minimum atomic E-state index is -0.458. The topological polar surface area (TPSA) is 0 Å². The lowest BCUT2D eigenvalue weighted by Gasteiger charge is -2.24. The van der Waals surface area contributed by atoms with E-state index in [0.29, 0.717) is 5.92 Å². The average molecular weight is 289 g/mol. The molecule has 2 fully saturated rings. The van der Waals surface area contributed by atoms with E-state index in [0.717, 1.165) is 24.7 Å². The quantitative estimate of drug-likeness (QED) is 0.507. The van der Waals surface area contributed by atoms with Crippen molar-refractivity contribution < 1.29 is 4.39 Å². The van der Waals surface area contributed by atoms with Crippen molar-refractivity contribution in [3.63, 3.8) is 0 Å². The minimum Gasteiger partial charge on any atom is -0.247 e. The monoisotopic (exact) mass is 288 g/mol. The molecule has 0 saturated heterocycles. The van der Waals surface area contributed by atoms with Gasteiger partial charge in [-0.2, -0.15) is 0 Å². The Balaban J connectivity index is 0. The molecule has 2 rings (SSSR count). The highest BCUT2D eigenvalue weighted by Crippen LogP contribution is 2.31. The van der Waals surface area contributed by atoms with E-state index in [2.05, 4.69) is 48.5 Å². The van der Waals surface area contributed by atoms with E-state index in [1.54, 1.807) is 0 Å². The first-order valence-electron chi connectivity index (χ1n) is 9.04. The molecule has 0 spiro atoms. The largest absolute Gasteiger partial charge is 0.247 e. The molecule has 0 aromatic carbocycles. The first-order chi connectivity index (χ1) is 9.40. The summed E-state index contributed by atoms with van der Waals surface area (Å²) in [6, 6.07) is 0. The zero-order valence-electron chi connectivity index (χ0n) is 15.3. The molecule has 0 atom stereocenters. The number of hydrogen-bond acceptors (Lipinski definition) is 0. The predicted molar refractivity (Wildman–Crippen MR) is 92.0 cm³/mol. The third-order valence-corrected chi connectivity index (χ3v) is 3.91.